The maximum absolute atomic E-state index is 12.8. The molecule has 7 heteroatoms. The summed E-state index contributed by atoms with van der Waals surface area (Å²) in [5.74, 6) is 1.19. The highest BCUT2D eigenvalue weighted by Crippen LogP contribution is 2.24. The molecule has 0 aliphatic carbocycles. The highest BCUT2D eigenvalue weighted by molar-refractivity contribution is 9.10. The SMILES string of the molecule is Cc1ccc(-c2noc(CN3CCCC(C(=O)Nc4ccc(Br)c(C)c4)C3)n2)cc1. The fourth-order valence-electron chi connectivity index (χ4n) is 3.71. The second-order valence-electron chi connectivity index (χ2n) is 7.91. The molecule has 30 heavy (non-hydrogen) atoms. The monoisotopic (exact) mass is 468 g/mol. The van der Waals surface area contributed by atoms with Crippen molar-refractivity contribution in [3.05, 3.63) is 64.0 Å². The van der Waals surface area contributed by atoms with E-state index in [0.29, 0.717) is 24.8 Å². The van der Waals surface area contributed by atoms with Gasteiger partial charge in [0.25, 0.3) is 0 Å². The van der Waals surface area contributed by atoms with Crippen LogP contribution < -0.4 is 5.32 Å². The number of anilines is 1. The average molecular weight is 469 g/mol. The number of rotatable bonds is 5. The molecular formula is C23H25BrN4O2. The number of carbonyl (C=O) groups is 1. The van der Waals surface area contributed by atoms with Gasteiger partial charge in [-0.15, -0.1) is 0 Å². The standard InChI is InChI=1S/C23H25BrN4O2/c1-15-5-7-17(8-6-15)22-26-21(30-27-22)14-28-11-3-4-18(13-28)23(29)25-19-9-10-20(24)16(2)12-19/h5-10,12,18H,3-4,11,13-14H2,1-2H3,(H,25,29). The number of amides is 1. The summed E-state index contributed by atoms with van der Waals surface area (Å²) in [6, 6.07) is 13.9. The molecule has 0 radical (unpaired) electrons. The minimum absolute atomic E-state index is 0.0535. The Kier molecular flexibility index (Phi) is 6.29. The van der Waals surface area contributed by atoms with Crippen LogP contribution in [0.15, 0.2) is 51.5 Å². The van der Waals surface area contributed by atoms with Crippen molar-refractivity contribution < 1.29 is 9.32 Å². The number of nitrogens with one attached hydrogen (secondary N) is 1. The molecule has 1 aliphatic heterocycles. The normalized spacial score (nSPS) is 17.1. The smallest absolute Gasteiger partial charge is 0.241 e. The van der Waals surface area contributed by atoms with Crippen molar-refractivity contribution in [2.45, 2.75) is 33.2 Å². The van der Waals surface area contributed by atoms with Gasteiger partial charge in [0, 0.05) is 22.3 Å². The molecule has 3 aromatic rings. The second-order valence-corrected chi connectivity index (χ2v) is 8.76. The zero-order valence-electron chi connectivity index (χ0n) is 17.2. The molecule has 1 saturated heterocycles. The Balaban J connectivity index is 1.36. The molecule has 0 saturated carbocycles. The third-order valence-corrected chi connectivity index (χ3v) is 6.33. The summed E-state index contributed by atoms with van der Waals surface area (Å²) in [6.07, 6.45) is 1.85. The molecule has 156 valence electrons. The van der Waals surface area contributed by atoms with Crippen LogP contribution in [-0.4, -0.2) is 34.0 Å². The molecular weight excluding hydrogens is 444 g/mol. The van der Waals surface area contributed by atoms with E-state index in [1.54, 1.807) is 0 Å². The minimum atomic E-state index is -0.0535. The van der Waals surface area contributed by atoms with Gasteiger partial charge in [0.1, 0.15) is 0 Å². The Labute approximate surface area is 184 Å². The zero-order chi connectivity index (χ0) is 21.1. The highest BCUT2D eigenvalue weighted by Gasteiger charge is 2.27. The molecule has 2 heterocycles. The van der Waals surface area contributed by atoms with Crippen LogP contribution in [0.3, 0.4) is 0 Å². The number of aryl methyl sites for hydroxylation is 2. The van der Waals surface area contributed by atoms with Crippen LogP contribution in [-0.2, 0) is 11.3 Å². The summed E-state index contributed by atoms with van der Waals surface area (Å²) in [4.78, 5) is 19.5. The van der Waals surface area contributed by atoms with Gasteiger partial charge in [-0.3, -0.25) is 9.69 Å². The third kappa shape index (κ3) is 4.96. The van der Waals surface area contributed by atoms with Gasteiger partial charge >= 0.3 is 0 Å². The molecule has 1 unspecified atom stereocenters. The lowest BCUT2D eigenvalue weighted by Crippen LogP contribution is -2.40. The van der Waals surface area contributed by atoms with Crippen molar-refractivity contribution in [2.75, 3.05) is 18.4 Å². The first-order chi connectivity index (χ1) is 14.5. The van der Waals surface area contributed by atoms with Crippen molar-refractivity contribution in [3.63, 3.8) is 0 Å². The fraction of sp³-hybridized carbons (Fsp3) is 0.348. The lowest BCUT2D eigenvalue weighted by Gasteiger charge is -2.30. The molecule has 1 fully saturated rings. The largest absolute Gasteiger partial charge is 0.338 e. The van der Waals surface area contributed by atoms with Crippen LogP contribution in [0.5, 0.6) is 0 Å². The van der Waals surface area contributed by atoms with Crippen LogP contribution in [0.1, 0.15) is 29.9 Å². The maximum Gasteiger partial charge on any atom is 0.241 e. The summed E-state index contributed by atoms with van der Waals surface area (Å²) >= 11 is 3.49. The Morgan fingerprint density at radius 1 is 1.23 bits per heavy atom. The van der Waals surface area contributed by atoms with Gasteiger partial charge in [0.2, 0.25) is 17.6 Å². The van der Waals surface area contributed by atoms with Crippen LogP contribution in [0.25, 0.3) is 11.4 Å². The van der Waals surface area contributed by atoms with Crippen LogP contribution >= 0.6 is 15.9 Å². The first-order valence-corrected chi connectivity index (χ1v) is 11.0. The van der Waals surface area contributed by atoms with Gasteiger partial charge in [-0.05, 0) is 57.0 Å². The number of likely N-dealkylation sites (tertiary alicyclic amines) is 1. The van der Waals surface area contributed by atoms with E-state index < -0.39 is 0 Å². The van der Waals surface area contributed by atoms with E-state index in [1.165, 1.54) is 5.56 Å². The lowest BCUT2D eigenvalue weighted by molar-refractivity contribution is -0.121. The molecule has 1 N–H and O–H groups in total. The zero-order valence-corrected chi connectivity index (χ0v) is 18.8. The van der Waals surface area contributed by atoms with E-state index >= 15 is 0 Å². The Bertz CT molecular complexity index is 1030. The second kappa shape index (κ2) is 9.10. The molecule has 1 aliphatic rings. The van der Waals surface area contributed by atoms with E-state index in [-0.39, 0.29) is 11.8 Å². The van der Waals surface area contributed by atoms with Gasteiger partial charge in [-0.25, -0.2) is 0 Å². The van der Waals surface area contributed by atoms with Gasteiger partial charge in [-0.1, -0.05) is 50.9 Å². The summed E-state index contributed by atoms with van der Waals surface area (Å²) in [7, 11) is 0. The summed E-state index contributed by atoms with van der Waals surface area (Å²) in [6.45, 7) is 6.22. The molecule has 1 atom stereocenters. The first kappa shape index (κ1) is 20.8. The van der Waals surface area contributed by atoms with Gasteiger partial charge in [0.15, 0.2) is 0 Å². The van der Waals surface area contributed by atoms with Crippen molar-refractivity contribution in [1.82, 2.24) is 15.0 Å². The van der Waals surface area contributed by atoms with Crippen LogP contribution in [0, 0.1) is 19.8 Å². The lowest BCUT2D eigenvalue weighted by atomic mass is 9.97. The molecule has 1 amide bonds. The predicted octanol–water partition coefficient (Wildman–Crippen LogP) is 4.97. The van der Waals surface area contributed by atoms with Crippen molar-refractivity contribution in [3.8, 4) is 11.4 Å². The minimum Gasteiger partial charge on any atom is -0.338 e. The van der Waals surface area contributed by atoms with E-state index in [4.69, 9.17) is 4.52 Å². The van der Waals surface area contributed by atoms with E-state index in [1.807, 2.05) is 56.3 Å². The Morgan fingerprint density at radius 3 is 2.80 bits per heavy atom. The Morgan fingerprint density at radius 2 is 2.03 bits per heavy atom. The molecule has 0 spiro atoms. The topological polar surface area (TPSA) is 71.3 Å². The number of benzene rings is 2. The van der Waals surface area contributed by atoms with Crippen molar-refractivity contribution >= 4 is 27.5 Å². The Hall–Kier alpha value is -2.51. The van der Waals surface area contributed by atoms with Crippen molar-refractivity contribution in [1.29, 1.82) is 0 Å². The summed E-state index contributed by atoms with van der Waals surface area (Å²) in [5, 5.41) is 7.17. The molecule has 6 nitrogen and oxygen atoms in total. The number of piperidine rings is 1. The number of carbonyl (C=O) groups excluding carboxylic acids is 1. The van der Waals surface area contributed by atoms with E-state index in [0.717, 1.165) is 40.7 Å². The maximum atomic E-state index is 12.8. The first-order valence-electron chi connectivity index (χ1n) is 10.2. The number of hydrogen-bond acceptors (Lipinski definition) is 5. The number of nitrogens with zero attached hydrogens (tertiary/aromatic N) is 3. The summed E-state index contributed by atoms with van der Waals surface area (Å²) in [5.41, 5.74) is 4.06. The third-order valence-electron chi connectivity index (χ3n) is 5.44. The fourth-order valence-corrected chi connectivity index (χ4v) is 3.96. The van der Waals surface area contributed by atoms with Gasteiger partial charge in [0.05, 0.1) is 12.5 Å². The average Bonchev–Trinajstić information content (AvgIpc) is 3.20. The molecule has 0 bridgehead atoms. The van der Waals surface area contributed by atoms with Crippen LogP contribution in [0.2, 0.25) is 0 Å². The van der Waals surface area contributed by atoms with Crippen LogP contribution in [0.4, 0.5) is 5.69 Å². The number of aromatic nitrogens is 2. The molecule has 1 aromatic heterocycles. The van der Waals surface area contributed by atoms with Gasteiger partial charge in [-0.2, -0.15) is 4.98 Å². The van der Waals surface area contributed by atoms with E-state index in [2.05, 4.69) is 36.3 Å². The highest BCUT2D eigenvalue weighted by atomic mass is 79.9. The van der Waals surface area contributed by atoms with Crippen molar-refractivity contribution in [2.24, 2.45) is 5.92 Å². The molecule has 2 aromatic carbocycles. The summed E-state index contributed by atoms with van der Waals surface area (Å²) < 4.78 is 6.50. The number of halogens is 1. The van der Waals surface area contributed by atoms with E-state index in [9.17, 15) is 4.79 Å². The quantitative estimate of drug-likeness (QED) is 0.572. The predicted molar refractivity (Wildman–Crippen MR) is 120 cm³/mol. The van der Waals surface area contributed by atoms with Gasteiger partial charge < -0.3 is 9.84 Å². The molecule has 4 rings (SSSR count). The number of hydrogen-bond donors (Lipinski definition) is 1.